The highest BCUT2D eigenvalue weighted by Gasteiger charge is 2.21. The number of pyridine rings is 1. The van der Waals surface area contributed by atoms with Crippen LogP contribution in [-0.2, 0) is 11.2 Å². The lowest BCUT2D eigenvalue weighted by atomic mass is 9.96. The molecule has 0 aliphatic carbocycles. The molecule has 0 aromatic carbocycles. The van der Waals surface area contributed by atoms with Crippen molar-refractivity contribution in [1.82, 2.24) is 4.98 Å². The van der Waals surface area contributed by atoms with Crippen molar-refractivity contribution >= 4 is 15.9 Å². The molecule has 0 aliphatic rings. The number of methoxy groups -OCH3 is 1. The van der Waals surface area contributed by atoms with Gasteiger partial charge in [-0.2, -0.15) is 0 Å². The molecule has 1 aromatic rings. The highest BCUT2D eigenvalue weighted by molar-refractivity contribution is 9.10. The van der Waals surface area contributed by atoms with Crippen molar-refractivity contribution in [2.75, 3.05) is 7.11 Å². The zero-order chi connectivity index (χ0) is 12.1. The number of hydrogen-bond acceptors (Lipinski definition) is 3. The lowest BCUT2D eigenvalue weighted by Crippen LogP contribution is -2.41. The number of aromatic nitrogens is 1. The summed E-state index contributed by atoms with van der Waals surface area (Å²) in [4.78, 5) is 4.31. The predicted molar refractivity (Wildman–Crippen MR) is 69.3 cm³/mol. The van der Waals surface area contributed by atoms with E-state index in [2.05, 4.69) is 34.8 Å². The minimum absolute atomic E-state index is 0.0151. The fourth-order valence-corrected chi connectivity index (χ4v) is 2.06. The first-order valence-electron chi connectivity index (χ1n) is 5.43. The fourth-order valence-electron chi connectivity index (χ4n) is 1.83. The van der Waals surface area contributed by atoms with Crippen molar-refractivity contribution in [1.29, 1.82) is 0 Å². The molecule has 0 amide bonds. The first kappa shape index (κ1) is 13.6. The Morgan fingerprint density at radius 1 is 1.44 bits per heavy atom. The average molecular weight is 287 g/mol. The van der Waals surface area contributed by atoms with Crippen LogP contribution in [0.2, 0.25) is 0 Å². The number of ether oxygens (including phenoxy) is 1. The Kier molecular flexibility index (Phi) is 5.38. The summed E-state index contributed by atoms with van der Waals surface area (Å²) in [6.45, 7) is 4.23. The Hall–Kier alpha value is -0.450. The van der Waals surface area contributed by atoms with Crippen molar-refractivity contribution in [2.24, 2.45) is 11.7 Å². The van der Waals surface area contributed by atoms with Crippen LogP contribution in [0, 0.1) is 5.92 Å². The van der Waals surface area contributed by atoms with E-state index in [0.717, 1.165) is 16.6 Å². The molecule has 2 unspecified atom stereocenters. The van der Waals surface area contributed by atoms with E-state index in [-0.39, 0.29) is 12.1 Å². The van der Waals surface area contributed by atoms with Crippen LogP contribution < -0.4 is 5.73 Å². The second kappa shape index (κ2) is 6.33. The third-order valence-electron chi connectivity index (χ3n) is 2.58. The van der Waals surface area contributed by atoms with Crippen LogP contribution in [0.15, 0.2) is 22.8 Å². The van der Waals surface area contributed by atoms with Gasteiger partial charge in [-0.05, 0) is 34.0 Å². The standard InChI is InChI=1S/C12H19BrN2O/c1-8(2)12(16-3)11(14)6-10-5-4-9(13)7-15-10/h4-5,7-8,11-12H,6,14H2,1-3H3. The summed E-state index contributed by atoms with van der Waals surface area (Å²) in [6, 6.07) is 3.95. The molecule has 3 nitrogen and oxygen atoms in total. The minimum Gasteiger partial charge on any atom is -0.380 e. The first-order chi connectivity index (χ1) is 7.54. The van der Waals surface area contributed by atoms with Crippen molar-refractivity contribution < 1.29 is 4.74 Å². The average Bonchev–Trinajstić information content (AvgIpc) is 2.22. The third-order valence-corrected chi connectivity index (χ3v) is 3.05. The Morgan fingerprint density at radius 3 is 2.56 bits per heavy atom. The van der Waals surface area contributed by atoms with Gasteiger partial charge in [0.2, 0.25) is 0 Å². The summed E-state index contributed by atoms with van der Waals surface area (Å²) in [7, 11) is 1.71. The van der Waals surface area contributed by atoms with Gasteiger partial charge in [0, 0.05) is 35.9 Å². The van der Waals surface area contributed by atoms with Gasteiger partial charge in [-0.15, -0.1) is 0 Å². The molecule has 2 N–H and O–H groups in total. The number of nitrogens with two attached hydrogens (primary N) is 1. The molecular weight excluding hydrogens is 268 g/mol. The molecule has 0 spiro atoms. The van der Waals surface area contributed by atoms with Gasteiger partial charge in [0.15, 0.2) is 0 Å². The van der Waals surface area contributed by atoms with Gasteiger partial charge in [-0.3, -0.25) is 4.98 Å². The van der Waals surface area contributed by atoms with E-state index in [4.69, 9.17) is 10.5 Å². The maximum atomic E-state index is 6.12. The quantitative estimate of drug-likeness (QED) is 0.904. The molecule has 1 heterocycles. The molecule has 0 bridgehead atoms. The number of rotatable bonds is 5. The van der Waals surface area contributed by atoms with Gasteiger partial charge in [0.25, 0.3) is 0 Å². The topological polar surface area (TPSA) is 48.1 Å². The molecular formula is C12H19BrN2O. The van der Waals surface area contributed by atoms with E-state index in [0.29, 0.717) is 5.92 Å². The Bertz CT molecular complexity index is 313. The van der Waals surface area contributed by atoms with Crippen LogP contribution in [0.3, 0.4) is 0 Å². The van der Waals surface area contributed by atoms with E-state index in [1.165, 1.54) is 0 Å². The summed E-state index contributed by atoms with van der Waals surface area (Å²) >= 11 is 3.36. The summed E-state index contributed by atoms with van der Waals surface area (Å²) in [5.74, 6) is 0.412. The van der Waals surface area contributed by atoms with Gasteiger partial charge in [0.05, 0.1) is 6.10 Å². The van der Waals surface area contributed by atoms with Crippen molar-refractivity contribution in [3.05, 3.63) is 28.5 Å². The molecule has 16 heavy (non-hydrogen) atoms. The maximum absolute atomic E-state index is 6.12. The zero-order valence-electron chi connectivity index (χ0n) is 9.98. The molecule has 2 atom stereocenters. The lowest BCUT2D eigenvalue weighted by molar-refractivity contribution is 0.0439. The number of halogens is 1. The largest absolute Gasteiger partial charge is 0.380 e. The highest BCUT2D eigenvalue weighted by atomic mass is 79.9. The Balaban J connectivity index is 2.62. The predicted octanol–water partition coefficient (Wildman–Crippen LogP) is 2.38. The summed E-state index contributed by atoms with van der Waals surface area (Å²) in [5, 5.41) is 0. The van der Waals surface area contributed by atoms with Crippen molar-refractivity contribution in [2.45, 2.75) is 32.4 Å². The second-order valence-electron chi connectivity index (χ2n) is 4.28. The van der Waals surface area contributed by atoms with Gasteiger partial charge in [0.1, 0.15) is 0 Å². The number of nitrogens with zero attached hydrogens (tertiary/aromatic N) is 1. The second-order valence-corrected chi connectivity index (χ2v) is 5.20. The molecule has 4 heteroatoms. The van der Waals surface area contributed by atoms with E-state index < -0.39 is 0 Å². The normalized spacial score (nSPS) is 15.1. The highest BCUT2D eigenvalue weighted by Crippen LogP contribution is 2.13. The van der Waals surface area contributed by atoms with Crippen molar-refractivity contribution in [3.8, 4) is 0 Å². The van der Waals surface area contributed by atoms with E-state index in [9.17, 15) is 0 Å². The molecule has 90 valence electrons. The summed E-state index contributed by atoms with van der Waals surface area (Å²) in [6.07, 6.45) is 2.61. The van der Waals surface area contributed by atoms with Gasteiger partial charge in [-0.1, -0.05) is 13.8 Å². The smallest absolute Gasteiger partial charge is 0.0748 e. The van der Waals surface area contributed by atoms with Crippen LogP contribution >= 0.6 is 15.9 Å². The van der Waals surface area contributed by atoms with Crippen LogP contribution in [0.5, 0.6) is 0 Å². The van der Waals surface area contributed by atoms with Crippen LogP contribution in [0.4, 0.5) is 0 Å². The summed E-state index contributed by atoms with van der Waals surface area (Å²) < 4.78 is 6.39. The third kappa shape index (κ3) is 3.85. The zero-order valence-corrected chi connectivity index (χ0v) is 11.6. The van der Waals surface area contributed by atoms with Crippen LogP contribution in [0.25, 0.3) is 0 Å². The molecule has 1 rings (SSSR count). The molecule has 0 radical (unpaired) electrons. The number of hydrogen-bond donors (Lipinski definition) is 1. The molecule has 0 fully saturated rings. The Labute approximate surface area is 106 Å². The lowest BCUT2D eigenvalue weighted by Gasteiger charge is -2.25. The molecule has 0 aliphatic heterocycles. The fraction of sp³-hybridized carbons (Fsp3) is 0.583. The Morgan fingerprint density at radius 2 is 2.12 bits per heavy atom. The van der Waals surface area contributed by atoms with Gasteiger partial charge >= 0.3 is 0 Å². The van der Waals surface area contributed by atoms with Gasteiger partial charge in [-0.25, -0.2) is 0 Å². The van der Waals surface area contributed by atoms with E-state index in [1.54, 1.807) is 13.3 Å². The van der Waals surface area contributed by atoms with Gasteiger partial charge < -0.3 is 10.5 Å². The SMILES string of the molecule is COC(C(C)C)C(N)Cc1ccc(Br)cn1. The minimum atomic E-state index is -0.0151. The molecule has 0 saturated carbocycles. The van der Waals surface area contributed by atoms with Crippen LogP contribution in [-0.4, -0.2) is 24.2 Å². The maximum Gasteiger partial charge on any atom is 0.0748 e. The van der Waals surface area contributed by atoms with E-state index >= 15 is 0 Å². The van der Waals surface area contributed by atoms with Crippen LogP contribution in [0.1, 0.15) is 19.5 Å². The monoisotopic (exact) mass is 286 g/mol. The summed E-state index contributed by atoms with van der Waals surface area (Å²) in [5.41, 5.74) is 7.12. The first-order valence-corrected chi connectivity index (χ1v) is 6.22. The van der Waals surface area contributed by atoms with E-state index in [1.807, 2.05) is 12.1 Å². The molecule has 1 aromatic heterocycles. The molecule has 0 saturated heterocycles. The van der Waals surface area contributed by atoms with Crippen molar-refractivity contribution in [3.63, 3.8) is 0 Å².